The first-order valence-corrected chi connectivity index (χ1v) is 8.06. The molecule has 0 unspecified atom stereocenters. The summed E-state index contributed by atoms with van der Waals surface area (Å²) in [5.41, 5.74) is 1.01. The Hall–Kier alpha value is -2.53. The van der Waals surface area contributed by atoms with Crippen molar-refractivity contribution in [3.05, 3.63) is 66.4 Å². The molecule has 2 aromatic carbocycles. The standard InChI is InChI=1S/C18H15NO3S/c1-2-21-18-15(17(20)23-14-11-7-4-8-12-14)19-16(22-18)13-9-5-3-6-10-13/h3-12H,2H2,1H3. The number of ether oxygens (including phenoxy) is 1. The summed E-state index contributed by atoms with van der Waals surface area (Å²) in [5, 5.41) is -0.203. The third-order valence-electron chi connectivity index (χ3n) is 3.04. The summed E-state index contributed by atoms with van der Waals surface area (Å²) >= 11 is 1.10. The zero-order valence-electron chi connectivity index (χ0n) is 12.6. The monoisotopic (exact) mass is 325 g/mol. The molecule has 3 aromatic rings. The van der Waals surface area contributed by atoms with Crippen LogP contribution in [0, 0.1) is 0 Å². The first-order chi connectivity index (χ1) is 11.3. The molecule has 0 atom stereocenters. The summed E-state index contributed by atoms with van der Waals surface area (Å²) in [7, 11) is 0. The van der Waals surface area contributed by atoms with Crippen LogP contribution in [0.1, 0.15) is 17.4 Å². The molecule has 3 rings (SSSR count). The van der Waals surface area contributed by atoms with Gasteiger partial charge in [0.25, 0.3) is 0 Å². The summed E-state index contributed by atoms with van der Waals surface area (Å²) in [6.07, 6.45) is 0. The minimum atomic E-state index is -0.203. The Bertz CT molecular complexity index is 785. The maximum atomic E-state index is 12.5. The highest BCUT2D eigenvalue weighted by Gasteiger charge is 2.23. The molecule has 0 amide bonds. The molecule has 0 saturated heterocycles. The highest BCUT2D eigenvalue weighted by atomic mass is 32.2. The van der Waals surface area contributed by atoms with Crippen molar-refractivity contribution in [1.82, 2.24) is 4.98 Å². The van der Waals surface area contributed by atoms with Crippen LogP contribution in [-0.2, 0) is 0 Å². The number of nitrogens with zero attached hydrogens (tertiary/aromatic N) is 1. The van der Waals surface area contributed by atoms with Crippen molar-refractivity contribution in [3.8, 4) is 17.4 Å². The van der Waals surface area contributed by atoms with Crippen LogP contribution >= 0.6 is 11.8 Å². The lowest BCUT2D eigenvalue weighted by atomic mass is 10.2. The highest BCUT2D eigenvalue weighted by Crippen LogP contribution is 2.32. The Kier molecular flexibility index (Phi) is 4.78. The Morgan fingerprint density at radius 2 is 1.74 bits per heavy atom. The number of hydrogen-bond acceptors (Lipinski definition) is 5. The van der Waals surface area contributed by atoms with Gasteiger partial charge in [0.2, 0.25) is 16.7 Å². The first kappa shape index (κ1) is 15.4. The second-order valence-corrected chi connectivity index (χ2v) is 5.70. The predicted molar refractivity (Wildman–Crippen MR) is 89.7 cm³/mol. The SMILES string of the molecule is CCOc1oc(-c2ccccc2)nc1C(=O)Sc1ccccc1. The molecule has 5 heteroatoms. The zero-order chi connectivity index (χ0) is 16.1. The van der Waals surface area contributed by atoms with E-state index in [-0.39, 0.29) is 16.8 Å². The lowest BCUT2D eigenvalue weighted by Gasteiger charge is -2.00. The average molecular weight is 325 g/mol. The average Bonchev–Trinajstić information content (AvgIpc) is 3.01. The van der Waals surface area contributed by atoms with Crippen LogP contribution in [0.25, 0.3) is 11.5 Å². The van der Waals surface area contributed by atoms with E-state index in [2.05, 4.69) is 4.98 Å². The van der Waals surface area contributed by atoms with Crippen LogP contribution < -0.4 is 4.74 Å². The molecular formula is C18H15NO3S. The summed E-state index contributed by atoms with van der Waals surface area (Å²) in [5.74, 6) is 0.547. The highest BCUT2D eigenvalue weighted by molar-refractivity contribution is 8.14. The Labute approximate surface area is 138 Å². The summed E-state index contributed by atoms with van der Waals surface area (Å²) in [6, 6.07) is 18.9. The molecule has 0 bridgehead atoms. The van der Waals surface area contributed by atoms with Gasteiger partial charge in [-0.15, -0.1) is 0 Å². The third-order valence-corrected chi connectivity index (χ3v) is 3.93. The third kappa shape index (κ3) is 3.63. The zero-order valence-corrected chi connectivity index (χ0v) is 13.4. The van der Waals surface area contributed by atoms with E-state index in [1.54, 1.807) is 0 Å². The summed E-state index contributed by atoms with van der Waals surface area (Å²) in [6.45, 7) is 2.24. The molecule has 0 radical (unpaired) electrons. The topological polar surface area (TPSA) is 52.3 Å². The van der Waals surface area contributed by atoms with Gasteiger partial charge in [-0.2, -0.15) is 0 Å². The minimum absolute atomic E-state index is 0.166. The van der Waals surface area contributed by atoms with Crippen molar-refractivity contribution in [3.63, 3.8) is 0 Å². The molecule has 0 aliphatic carbocycles. The van der Waals surface area contributed by atoms with Crippen molar-refractivity contribution in [1.29, 1.82) is 0 Å². The Balaban J connectivity index is 1.91. The number of hydrogen-bond donors (Lipinski definition) is 0. The van der Waals surface area contributed by atoms with Crippen LogP contribution in [0.15, 0.2) is 70.0 Å². The lowest BCUT2D eigenvalue weighted by molar-refractivity contribution is 0.107. The van der Waals surface area contributed by atoms with E-state index in [1.165, 1.54) is 0 Å². The quantitative estimate of drug-likeness (QED) is 0.638. The van der Waals surface area contributed by atoms with Crippen LogP contribution in [0.3, 0.4) is 0 Å². The van der Waals surface area contributed by atoms with E-state index in [9.17, 15) is 4.79 Å². The van der Waals surface area contributed by atoms with Gasteiger partial charge in [0.15, 0.2) is 0 Å². The van der Waals surface area contributed by atoms with E-state index in [1.807, 2.05) is 67.6 Å². The summed E-state index contributed by atoms with van der Waals surface area (Å²) < 4.78 is 11.1. The molecule has 4 nitrogen and oxygen atoms in total. The number of carbonyl (C=O) groups excluding carboxylic acids is 1. The fraction of sp³-hybridized carbons (Fsp3) is 0.111. The van der Waals surface area contributed by atoms with Crippen LogP contribution in [-0.4, -0.2) is 16.7 Å². The maximum absolute atomic E-state index is 12.5. The van der Waals surface area contributed by atoms with Gasteiger partial charge < -0.3 is 9.15 Å². The number of aromatic nitrogens is 1. The second-order valence-electron chi connectivity index (χ2n) is 4.66. The van der Waals surface area contributed by atoms with Crippen molar-refractivity contribution in [2.75, 3.05) is 6.61 Å². The van der Waals surface area contributed by atoms with E-state index in [0.29, 0.717) is 12.5 Å². The van der Waals surface area contributed by atoms with Gasteiger partial charge in [-0.1, -0.05) is 36.4 Å². The van der Waals surface area contributed by atoms with Crippen LogP contribution in [0.4, 0.5) is 0 Å². The smallest absolute Gasteiger partial charge is 0.318 e. The summed E-state index contributed by atoms with van der Waals surface area (Å²) in [4.78, 5) is 17.7. The fourth-order valence-corrected chi connectivity index (χ4v) is 2.75. The molecule has 0 aliphatic heterocycles. The van der Waals surface area contributed by atoms with Gasteiger partial charge >= 0.3 is 5.95 Å². The largest absolute Gasteiger partial charge is 0.464 e. The molecule has 116 valence electrons. The van der Waals surface area contributed by atoms with Crippen molar-refractivity contribution < 1.29 is 13.9 Å². The first-order valence-electron chi connectivity index (χ1n) is 7.24. The number of thioether (sulfide) groups is 1. The van der Waals surface area contributed by atoms with Gasteiger partial charge in [0.1, 0.15) is 0 Å². The molecule has 0 saturated carbocycles. The molecule has 0 spiro atoms. The van der Waals surface area contributed by atoms with E-state index < -0.39 is 0 Å². The van der Waals surface area contributed by atoms with Gasteiger partial charge in [-0.05, 0) is 43.0 Å². The fourth-order valence-electron chi connectivity index (χ4n) is 2.01. The molecule has 23 heavy (non-hydrogen) atoms. The van der Waals surface area contributed by atoms with Gasteiger partial charge in [-0.25, -0.2) is 4.98 Å². The molecule has 0 fully saturated rings. The van der Waals surface area contributed by atoms with E-state index in [4.69, 9.17) is 9.15 Å². The second kappa shape index (κ2) is 7.15. The van der Waals surface area contributed by atoms with Crippen molar-refractivity contribution in [2.24, 2.45) is 0 Å². The number of carbonyl (C=O) groups is 1. The van der Waals surface area contributed by atoms with E-state index in [0.717, 1.165) is 22.2 Å². The van der Waals surface area contributed by atoms with Gasteiger partial charge in [0.05, 0.1) is 6.61 Å². The molecule has 0 N–H and O–H groups in total. The normalized spacial score (nSPS) is 10.5. The molecule has 0 aliphatic rings. The predicted octanol–water partition coefficient (Wildman–Crippen LogP) is 4.67. The van der Waals surface area contributed by atoms with Crippen LogP contribution in [0.5, 0.6) is 5.95 Å². The number of benzene rings is 2. The number of rotatable bonds is 5. The maximum Gasteiger partial charge on any atom is 0.318 e. The van der Waals surface area contributed by atoms with Crippen LogP contribution in [0.2, 0.25) is 0 Å². The Morgan fingerprint density at radius 3 is 2.39 bits per heavy atom. The van der Waals surface area contributed by atoms with Crippen molar-refractivity contribution in [2.45, 2.75) is 11.8 Å². The van der Waals surface area contributed by atoms with Gasteiger partial charge in [0, 0.05) is 10.5 Å². The Morgan fingerprint density at radius 1 is 1.09 bits per heavy atom. The molecule has 1 aromatic heterocycles. The number of oxazole rings is 1. The minimum Gasteiger partial charge on any atom is -0.464 e. The lowest BCUT2D eigenvalue weighted by Crippen LogP contribution is -1.99. The van der Waals surface area contributed by atoms with Crippen molar-refractivity contribution >= 4 is 16.9 Å². The van der Waals surface area contributed by atoms with E-state index >= 15 is 0 Å². The van der Waals surface area contributed by atoms with Gasteiger partial charge in [-0.3, -0.25) is 4.79 Å². The molecule has 1 heterocycles. The molecular weight excluding hydrogens is 310 g/mol.